The van der Waals surface area contributed by atoms with E-state index in [4.69, 9.17) is 0 Å². The first-order valence-corrected chi connectivity index (χ1v) is 5.85. The molecule has 1 atom stereocenters. The van der Waals surface area contributed by atoms with Gasteiger partial charge in [-0.1, -0.05) is 32.0 Å². The van der Waals surface area contributed by atoms with Gasteiger partial charge in [0.1, 0.15) is 0 Å². The van der Waals surface area contributed by atoms with Crippen LogP contribution < -0.4 is 5.32 Å². The maximum absolute atomic E-state index is 12.1. The van der Waals surface area contributed by atoms with Crippen LogP contribution in [0.3, 0.4) is 0 Å². The number of aryl methyl sites for hydroxylation is 1. The van der Waals surface area contributed by atoms with E-state index in [0.717, 1.165) is 11.1 Å². The Morgan fingerprint density at radius 2 is 1.88 bits per heavy atom. The molecule has 0 saturated carbocycles. The number of rotatable bonds is 1. The van der Waals surface area contributed by atoms with Crippen LogP contribution in [0.4, 0.5) is 0 Å². The Bertz CT molecular complexity index is 505. The summed E-state index contributed by atoms with van der Waals surface area (Å²) in [7, 11) is 0. The summed E-state index contributed by atoms with van der Waals surface area (Å²) < 4.78 is 0. The second kappa shape index (κ2) is 3.69. The Balaban J connectivity index is 2.76. The summed E-state index contributed by atoms with van der Waals surface area (Å²) >= 11 is 0. The predicted octanol–water partition coefficient (Wildman–Crippen LogP) is 2.18. The molecule has 0 aromatic heterocycles. The average Bonchev–Trinajstić information content (AvgIpc) is 2.25. The minimum atomic E-state index is -0.630. The van der Waals surface area contributed by atoms with Crippen LogP contribution >= 0.6 is 0 Å². The summed E-state index contributed by atoms with van der Waals surface area (Å²) in [4.78, 5) is 24.0. The molecule has 1 aliphatic heterocycles. The Kier molecular flexibility index (Phi) is 2.57. The van der Waals surface area contributed by atoms with Gasteiger partial charge in [-0.25, -0.2) is 0 Å². The van der Waals surface area contributed by atoms with E-state index in [-0.39, 0.29) is 17.7 Å². The van der Waals surface area contributed by atoms with Crippen molar-refractivity contribution in [3.8, 4) is 0 Å². The molecule has 0 aliphatic carbocycles. The third kappa shape index (κ3) is 1.49. The standard InChI is InChI=1S/C14H17NO2/c1-8(2)14(4)10-7-5-6-9(3)11(10)12(16)15-13(14)17/h5-8H,1-4H3,(H,15,16,17). The lowest BCUT2D eigenvalue weighted by molar-refractivity contribution is -0.127. The molecule has 1 aromatic carbocycles. The molecular formula is C14H17NO2. The first-order chi connectivity index (χ1) is 7.89. The normalized spacial score (nSPS) is 23.6. The molecule has 1 aromatic rings. The lowest BCUT2D eigenvalue weighted by Gasteiger charge is -2.37. The topological polar surface area (TPSA) is 46.2 Å². The summed E-state index contributed by atoms with van der Waals surface area (Å²) in [5.41, 5.74) is 1.79. The fourth-order valence-electron chi connectivity index (χ4n) is 2.39. The number of fused-ring (bicyclic) bond motifs is 1. The zero-order chi connectivity index (χ0) is 12.8. The summed E-state index contributed by atoms with van der Waals surface area (Å²) in [5.74, 6) is -0.340. The van der Waals surface area contributed by atoms with Crippen LogP contribution in [0.2, 0.25) is 0 Å². The molecule has 1 unspecified atom stereocenters. The Morgan fingerprint density at radius 3 is 2.47 bits per heavy atom. The van der Waals surface area contributed by atoms with Gasteiger partial charge in [-0.15, -0.1) is 0 Å². The number of hydrogen-bond donors (Lipinski definition) is 1. The van der Waals surface area contributed by atoms with Crippen molar-refractivity contribution in [1.82, 2.24) is 5.32 Å². The number of nitrogens with one attached hydrogen (secondary N) is 1. The van der Waals surface area contributed by atoms with Gasteiger partial charge in [0.05, 0.1) is 5.41 Å². The van der Waals surface area contributed by atoms with E-state index < -0.39 is 5.41 Å². The highest BCUT2D eigenvalue weighted by atomic mass is 16.2. The number of imide groups is 1. The minimum absolute atomic E-state index is 0.135. The van der Waals surface area contributed by atoms with Crippen LogP contribution in [0.1, 0.15) is 42.3 Å². The van der Waals surface area contributed by atoms with E-state index in [1.165, 1.54) is 0 Å². The quantitative estimate of drug-likeness (QED) is 0.753. The lowest BCUT2D eigenvalue weighted by Crippen LogP contribution is -2.53. The molecule has 3 heteroatoms. The zero-order valence-corrected chi connectivity index (χ0v) is 10.6. The molecule has 3 nitrogen and oxygen atoms in total. The van der Waals surface area contributed by atoms with Crippen LogP contribution in [-0.4, -0.2) is 11.8 Å². The largest absolute Gasteiger partial charge is 0.292 e. The van der Waals surface area contributed by atoms with Crippen molar-refractivity contribution in [2.75, 3.05) is 0 Å². The molecule has 2 rings (SSSR count). The SMILES string of the molecule is Cc1cccc2c1C(=O)NC(=O)C2(C)C(C)C. The monoisotopic (exact) mass is 231 g/mol. The molecule has 0 fully saturated rings. The molecule has 17 heavy (non-hydrogen) atoms. The second-order valence-electron chi connectivity index (χ2n) is 5.14. The number of carbonyl (C=O) groups is 2. The second-order valence-corrected chi connectivity index (χ2v) is 5.14. The van der Waals surface area contributed by atoms with Gasteiger partial charge in [0.25, 0.3) is 5.91 Å². The predicted molar refractivity (Wildman–Crippen MR) is 65.8 cm³/mol. The maximum atomic E-state index is 12.1. The first-order valence-electron chi connectivity index (χ1n) is 5.85. The highest BCUT2D eigenvalue weighted by Crippen LogP contribution is 2.38. The van der Waals surface area contributed by atoms with Crippen molar-refractivity contribution in [2.24, 2.45) is 5.92 Å². The number of carbonyl (C=O) groups excluding carboxylic acids is 2. The molecule has 0 radical (unpaired) electrons. The van der Waals surface area contributed by atoms with Crippen molar-refractivity contribution < 1.29 is 9.59 Å². The first kappa shape index (κ1) is 11.8. The van der Waals surface area contributed by atoms with E-state index >= 15 is 0 Å². The van der Waals surface area contributed by atoms with Gasteiger partial charge >= 0.3 is 0 Å². The third-order valence-electron chi connectivity index (χ3n) is 3.91. The highest BCUT2D eigenvalue weighted by Gasteiger charge is 2.45. The summed E-state index contributed by atoms with van der Waals surface area (Å²) in [6.45, 7) is 7.80. The molecule has 1 N–H and O–H groups in total. The molecule has 0 spiro atoms. The van der Waals surface area contributed by atoms with Crippen LogP contribution in [0.15, 0.2) is 18.2 Å². The Morgan fingerprint density at radius 1 is 1.24 bits per heavy atom. The fourth-order valence-corrected chi connectivity index (χ4v) is 2.39. The van der Waals surface area contributed by atoms with Gasteiger partial charge < -0.3 is 0 Å². The Labute approximate surface area is 101 Å². The molecule has 1 heterocycles. The minimum Gasteiger partial charge on any atom is -0.292 e. The Hall–Kier alpha value is -1.64. The van der Waals surface area contributed by atoms with Crippen LogP contribution in [-0.2, 0) is 10.2 Å². The summed E-state index contributed by atoms with van der Waals surface area (Å²) in [6, 6.07) is 5.69. The molecule has 0 saturated heterocycles. The number of benzene rings is 1. The van der Waals surface area contributed by atoms with E-state index in [0.29, 0.717) is 5.56 Å². The summed E-state index contributed by atoms with van der Waals surface area (Å²) in [5, 5.41) is 2.47. The van der Waals surface area contributed by atoms with Gasteiger partial charge in [-0.05, 0) is 30.9 Å². The highest BCUT2D eigenvalue weighted by molar-refractivity contribution is 6.13. The average molecular weight is 231 g/mol. The van der Waals surface area contributed by atoms with Gasteiger partial charge in [0.15, 0.2) is 0 Å². The molecular weight excluding hydrogens is 214 g/mol. The molecule has 2 amide bonds. The van der Waals surface area contributed by atoms with Crippen LogP contribution in [0.5, 0.6) is 0 Å². The summed E-state index contributed by atoms with van der Waals surface area (Å²) in [6.07, 6.45) is 0. The number of hydrogen-bond acceptors (Lipinski definition) is 2. The van der Waals surface area contributed by atoms with Gasteiger partial charge in [0.2, 0.25) is 5.91 Å². The fraction of sp³-hybridized carbons (Fsp3) is 0.429. The molecule has 0 bridgehead atoms. The van der Waals surface area contributed by atoms with E-state index in [1.54, 1.807) is 0 Å². The van der Waals surface area contributed by atoms with Gasteiger partial charge in [0, 0.05) is 5.56 Å². The number of amides is 2. The smallest absolute Gasteiger partial charge is 0.258 e. The van der Waals surface area contributed by atoms with Crippen molar-refractivity contribution in [3.63, 3.8) is 0 Å². The maximum Gasteiger partial charge on any atom is 0.258 e. The van der Waals surface area contributed by atoms with E-state index in [1.807, 2.05) is 45.9 Å². The van der Waals surface area contributed by atoms with Crippen molar-refractivity contribution in [2.45, 2.75) is 33.1 Å². The van der Waals surface area contributed by atoms with Crippen LogP contribution in [0.25, 0.3) is 0 Å². The van der Waals surface area contributed by atoms with E-state index in [9.17, 15) is 9.59 Å². The van der Waals surface area contributed by atoms with Crippen molar-refractivity contribution in [1.29, 1.82) is 0 Å². The van der Waals surface area contributed by atoms with Gasteiger partial charge in [-0.2, -0.15) is 0 Å². The molecule has 90 valence electrons. The molecule has 1 aliphatic rings. The van der Waals surface area contributed by atoms with Crippen molar-refractivity contribution in [3.05, 3.63) is 34.9 Å². The zero-order valence-electron chi connectivity index (χ0n) is 10.6. The van der Waals surface area contributed by atoms with Crippen LogP contribution in [0, 0.1) is 12.8 Å². The van der Waals surface area contributed by atoms with E-state index in [2.05, 4.69) is 5.32 Å². The third-order valence-corrected chi connectivity index (χ3v) is 3.91. The lowest BCUT2D eigenvalue weighted by atomic mass is 9.68. The van der Waals surface area contributed by atoms with Gasteiger partial charge in [-0.3, -0.25) is 14.9 Å². The van der Waals surface area contributed by atoms with Crippen molar-refractivity contribution >= 4 is 11.8 Å².